The molecular weight excluding hydrogens is 638 g/mol. The number of nitrogens with zero attached hydrogens (tertiary/aromatic N) is 1. The SMILES string of the molecule is CCC[C@H]1OC(=O)[C@H](C)[C@@H](O[C@H]2CC(O)[C@H](O)C(C)O2)[C@H](C)[C@@H](O[C@@H]2O[C@@H](C)CC(N(C)C)C2O)[C@@H](C)C[C@@H](C)C(=O)[C@H](C)[C@@H](O)[C@]1(C)O. The van der Waals surface area contributed by atoms with Crippen molar-refractivity contribution in [2.75, 3.05) is 14.1 Å². The quantitative estimate of drug-likeness (QED) is 0.243. The van der Waals surface area contributed by atoms with Gasteiger partial charge in [0.15, 0.2) is 12.6 Å². The van der Waals surface area contributed by atoms with Crippen molar-refractivity contribution in [1.29, 1.82) is 0 Å². The van der Waals surface area contributed by atoms with Gasteiger partial charge in [0.05, 0.1) is 42.5 Å². The number of hydrogen-bond donors (Lipinski definition) is 5. The minimum Gasteiger partial charge on any atom is -0.459 e. The topological polar surface area (TPSA) is 185 Å². The lowest BCUT2D eigenvalue weighted by molar-refractivity contribution is -0.298. The number of hydrogen-bond acceptors (Lipinski definition) is 13. The molecule has 0 aromatic carbocycles. The van der Waals surface area contributed by atoms with Crippen molar-refractivity contribution in [3.05, 3.63) is 0 Å². The number of carbonyl (C=O) groups excluding carboxylic acids is 2. The fourth-order valence-corrected chi connectivity index (χ4v) is 7.98. The number of rotatable bonds is 7. The van der Waals surface area contributed by atoms with Gasteiger partial charge in [0, 0.05) is 30.2 Å². The molecule has 4 unspecified atom stereocenters. The zero-order valence-electron chi connectivity index (χ0n) is 31.4. The molecule has 0 aliphatic carbocycles. The Labute approximate surface area is 292 Å². The average molecular weight is 704 g/mol. The maximum absolute atomic E-state index is 14.0. The number of likely N-dealkylation sites (N-methyl/N-ethyl adjacent to an activating group) is 1. The molecule has 13 nitrogen and oxygen atoms in total. The third-order valence-corrected chi connectivity index (χ3v) is 11.2. The summed E-state index contributed by atoms with van der Waals surface area (Å²) in [4.78, 5) is 29.7. The van der Waals surface area contributed by atoms with E-state index < -0.39 is 96.7 Å². The summed E-state index contributed by atoms with van der Waals surface area (Å²) >= 11 is 0. The highest BCUT2D eigenvalue weighted by Crippen LogP contribution is 2.38. The summed E-state index contributed by atoms with van der Waals surface area (Å²) < 4.78 is 31.3. The molecule has 0 radical (unpaired) electrons. The van der Waals surface area contributed by atoms with E-state index in [0.29, 0.717) is 19.3 Å². The first kappa shape index (κ1) is 42.2. The molecule has 13 heteroatoms. The average Bonchev–Trinajstić information content (AvgIpc) is 3.03. The Bertz CT molecular complexity index is 1060. The number of esters is 1. The summed E-state index contributed by atoms with van der Waals surface area (Å²) in [6.45, 7) is 15.6. The second-order valence-corrected chi connectivity index (χ2v) is 15.7. The van der Waals surface area contributed by atoms with Crippen LogP contribution in [0, 0.1) is 29.6 Å². The third kappa shape index (κ3) is 9.79. The molecule has 3 heterocycles. The molecule has 3 aliphatic heterocycles. The van der Waals surface area contributed by atoms with Gasteiger partial charge >= 0.3 is 5.97 Å². The van der Waals surface area contributed by atoms with Gasteiger partial charge in [-0.3, -0.25) is 9.59 Å². The van der Waals surface area contributed by atoms with Crippen LogP contribution in [0.25, 0.3) is 0 Å². The van der Waals surface area contributed by atoms with Crippen LogP contribution < -0.4 is 0 Å². The van der Waals surface area contributed by atoms with E-state index in [4.69, 9.17) is 23.7 Å². The van der Waals surface area contributed by atoms with Gasteiger partial charge in [0.2, 0.25) is 0 Å². The van der Waals surface area contributed by atoms with Crippen LogP contribution in [0.2, 0.25) is 0 Å². The Balaban J connectivity index is 2.11. The van der Waals surface area contributed by atoms with E-state index in [0.717, 1.165) is 0 Å². The number of aliphatic hydroxyl groups excluding tert-OH is 4. The lowest BCUT2D eigenvalue weighted by Crippen LogP contribution is -2.58. The van der Waals surface area contributed by atoms with Crippen molar-refractivity contribution < 1.29 is 58.8 Å². The van der Waals surface area contributed by atoms with Gasteiger partial charge in [0.25, 0.3) is 0 Å². The van der Waals surface area contributed by atoms with Crippen LogP contribution in [0.3, 0.4) is 0 Å². The molecule has 0 aromatic rings. The predicted octanol–water partition coefficient (Wildman–Crippen LogP) is 2.02. The predicted molar refractivity (Wildman–Crippen MR) is 180 cm³/mol. The molecule has 3 rings (SSSR count). The molecule has 0 amide bonds. The minimum absolute atomic E-state index is 0.0488. The summed E-state index contributed by atoms with van der Waals surface area (Å²) in [5, 5.41) is 55.3. The molecular formula is C36H65NO12. The number of carbonyl (C=O) groups is 2. The number of cyclic esters (lactones) is 1. The van der Waals surface area contributed by atoms with Gasteiger partial charge in [-0.15, -0.1) is 0 Å². The molecule has 0 bridgehead atoms. The van der Waals surface area contributed by atoms with Gasteiger partial charge in [0.1, 0.15) is 29.7 Å². The van der Waals surface area contributed by atoms with Crippen LogP contribution >= 0.6 is 0 Å². The minimum atomic E-state index is -1.93. The van der Waals surface area contributed by atoms with E-state index in [1.54, 1.807) is 27.7 Å². The third-order valence-electron chi connectivity index (χ3n) is 11.2. The van der Waals surface area contributed by atoms with Crippen LogP contribution in [-0.4, -0.2) is 135 Å². The maximum Gasteiger partial charge on any atom is 0.311 e. The van der Waals surface area contributed by atoms with E-state index in [-0.39, 0.29) is 36.7 Å². The van der Waals surface area contributed by atoms with Crippen molar-refractivity contribution in [3.63, 3.8) is 0 Å². The van der Waals surface area contributed by atoms with Crippen LogP contribution in [-0.2, 0) is 33.3 Å². The van der Waals surface area contributed by atoms with E-state index >= 15 is 0 Å². The van der Waals surface area contributed by atoms with Gasteiger partial charge in [-0.05, 0) is 67.0 Å². The Morgan fingerprint density at radius 3 is 2.06 bits per heavy atom. The lowest BCUT2D eigenvalue weighted by atomic mass is 9.75. The highest BCUT2D eigenvalue weighted by molar-refractivity contribution is 5.83. The van der Waals surface area contributed by atoms with Gasteiger partial charge in [-0.1, -0.05) is 41.0 Å². The summed E-state index contributed by atoms with van der Waals surface area (Å²) in [6.07, 6.45) is -8.88. The summed E-state index contributed by atoms with van der Waals surface area (Å²) in [5.74, 6) is -4.37. The fourth-order valence-electron chi connectivity index (χ4n) is 7.98. The largest absolute Gasteiger partial charge is 0.459 e. The molecule has 49 heavy (non-hydrogen) atoms. The van der Waals surface area contributed by atoms with Crippen LogP contribution in [0.1, 0.15) is 94.4 Å². The second kappa shape index (κ2) is 17.5. The number of Topliss-reactive ketones (excluding diaryl/α,β-unsaturated/α-hetero) is 1. The number of ether oxygens (including phenoxy) is 5. The van der Waals surface area contributed by atoms with Crippen molar-refractivity contribution in [2.45, 2.75) is 174 Å². The standard InChI is InChI=1S/C36H65NO12/c1-12-13-26-36(9,44)33(42)20(5)28(39)17(2)14-18(3)31(49-35-30(41)24(37(10)11)15-19(4)45-35)21(6)32(22(7)34(43)47-26)48-27-16-25(38)29(40)23(8)46-27/h17-27,29-33,35,38,40-42,44H,12-16H2,1-11H3/t17-,18+,19+,20+,21-,22-,23?,24?,25?,26-,27+,29-,30?,31+,32+,33-,35+,36-/m1/s1. The molecule has 3 fully saturated rings. The van der Waals surface area contributed by atoms with Crippen molar-refractivity contribution in [1.82, 2.24) is 4.90 Å². The molecule has 3 saturated heterocycles. The fraction of sp³-hybridized carbons (Fsp3) is 0.944. The zero-order chi connectivity index (χ0) is 37.1. The monoisotopic (exact) mass is 703 g/mol. The van der Waals surface area contributed by atoms with Crippen molar-refractivity contribution in [2.24, 2.45) is 29.6 Å². The lowest BCUT2D eigenvalue weighted by Gasteiger charge is -2.46. The number of aliphatic hydroxyl groups is 5. The molecule has 5 N–H and O–H groups in total. The van der Waals surface area contributed by atoms with Gasteiger partial charge in [-0.25, -0.2) is 0 Å². The first-order valence-electron chi connectivity index (χ1n) is 18.2. The van der Waals surface area contributed by atoms with Crippen LogP contribution in [0.4, 0.5) is 0 Å². The molecule has 3 aliphatic rings. The van der Waals surface area contributed by atoms with Crippen LogP contribution in [0.5, 0.6) is 0 Å². The van der Waals surface area contributed by atoms with Crippen LogP contribution in [0.15, 0.2) is 0 Å². The van der Waals surface area contributed by atoms with E-state index in [1.165, 1.54) is 6.92 Å². The summed E-state index contributed by atoms with van der Waals surface area (Å²) in [5.41, 5.74) is -1.93. The van der Waals surface area contributed by atoms with Crippen molar-refractivity contribution in [3.8, 4) is 0 Å². The van der Waals surface area contributed by atoms with E-state index in [2.05, 4.69) is 0 Å². The molecule has 0 aromatic heterocycles. The van der Waals surface area contributed by atoms with E-state index in [9.17, 15) is 35.1 Å². The van der Waals surface area contributed by atoms with Gasteiger partial charge < -0.3 is 54.1 Å². The number of ketones is 1. The maximum atomic E-state index is 14.0. The first-order chi connectivity index (χ1) is 22.7. The Kier molecular flexibility index (Phi) is 15.1. The molecule has 0 spiro atoms. The van der Waals surface area contributed by atoms with Crippen molar-refractivity contribution >= 4 is 11.8 Å². The van der Waals surface area contributed by atoms with E-state index in [1.807, 2.05) is 46.7 Å². The highest BCUT2D eigenvalue weighted by Gasteiger charge is 2.50. The second-order valence-electron chi connectivity index (χ2n) is 15.7. The molecule has 286 valence electrons. The smallest absolute Gasteiger partial charge is 0.311 e. The Hall–Kier alpha value is -1.26. The first-order valence-corrected chi connectivity index (χ1v) is 18.2. The molecule has 0 saturated carbocycles. The summed E-state index contributed by atoms with van der Waals surface area (Å²) in [7, 11) is 3.77. The molecule has 18 atom stereocenters. The summed E-state index contributed by atoms with van der Waals surface area (Å²) in [6, 6.07) is -0.241. The van der Waals surface area contributed by atoms with Gasteiger partial charge in [-0.2, -0.15) is 0 Å². The Morgan fingerprint density at radius 2 is 1.49 bits per heavy atom. The normalized spacial score (nSPS) is 48.2. The highest BCUT2D eigenvalue weighted by atomic mass is 16.7. The zero-order valence-corrected chi connectivity index (χ0v) is 31.4. The Morgan fingerprint density at radius 1 is 0.857 bits per heavy atom.